The summed E-state index contributed by atoms with van der Waals surface area (Å²) in [5.74, 6) is -4.29. The van der Waals surface area contributed by atoms with E-state index >= 15 is 4.39 Å². The lowest BCUT2D eigenvalue weighted by molar-refractivity contribution is -0.274. The molecule has 0 spiro atoms. The van der Waals surface area contributed by atoms with Crippen molar-refractivity contribution in [2.75, 3.05) is 0 Å². The van der Waals surface area contributed by atoms with E-state index in [9.17, 15) is 27.9 Å². The second-order valence-corrected chi connectivity index (χ2v) is 8.22. The summed E-state index contributed by atoms with van der Waals surface area (Å²) in [5.41, 5.74) is 0.558. The third-order valence-electron chi connectivity index (χ3n) is 5.99. The highest BCUT2D eigenvalue weighted by Gasteiger charge is 2.33. The van der Waals surface area contributed by atoms with Crippen molar-refractivity contribution in [3.8, 4) is 11.5 Å². The van der Waals surface area contributed by atoms with E-state index in [0.717, 1.165) is 49.6 Å². The summed E-state index contributed by atoms with van der Waals surface area (Å²) in [6, 6.07) is 6.72. The minimum absolute atomic E-state index is 0.0132. The van der Waals surface area contributed by atoms with E-state index in [1.807, 2.05) is 0 Å². The van der Waals surface area contributed by atoms with Crippen molar-refractivity contribution in [1.29, 1.82) is 0 Å². The van der Waals surface area contributed by atoms with Crippen LogP contribution in [0.4, 0.5) is 17.6 Å². The summed E-state index contributed by atoms with van der Waals surface area (Å²) >= 11 is 0. The van der Waals surface area contributed by atoms with E-state index in [2.05, 4.69) is 4.74 Å². The Labute approximate surface area is 191 Å². The Morgan fingerprint density at radius 3 is 2.32 bits per heavy atom. The van der Waals surface area contributed by atoms with E-state index in [1.54, 1.807) is 0 Å². The standard InChI is InChI=1S/C24H21F4NO5/c1-12(23(32)33-15-4-3-5-15)19-13(2)29(17-10-11-18(30)21(25)20(17)19)22(31)14-6-8-16(9-7-14)34-24(26,27)28/h6-12,15,30H,3-5H2,1-2H3. The van der Waals surface area contributed by atoms with Crippen molar-refractivity contribution < 1.29 is 41.7 Å². The van der Waals surface area contributed by atoms with Gasteiger partial charge in [-0.15, -0.1) is 13.2 Å². The number of alkyl halides is 3. The van der Waals surface area contributed by atoms with Crippen molar-refractivity contribution in [1.82, 2.24) is 4.57 Å². The van der Waals surface area contributed by atoms with Gasteiger partial charge in [0.2, 0.25) is 0 Å². The van der Waals surface area contributed by atoms with Gasteiger partial charge in [-0.3, -0.25) is 14.2 Å². The van der Waals surface area contributed by atoms with E-state index in [1.165, 1.54) is 24.5 Å². The smallest absolute Gasteiger partial charge is 0.505 e. The van der Waals surface area contributed by atoms with Gasteiger partial charge in [-0.25, -0.2) is 4.39 Å². The van der Waals surface area contributed by atoms with Gasteiger partial charge < -0.3 is 14.6 Å². The summed E-state index contributed by atoms with van der Waals surface area (Å²) in [7, 11) is 0. The number of halogens is 4. The molecule has 180 valence electrons. The van der Waals surface area contributed by atoms with Crippen molar-refractivity contribution >= 4 is 22.8 Å². The maximum absolute atomic E-state index is 15.0. The highest BCUT2D eigenvalue weighted by molar-refractivity contribution is 6.05. The molecule has 4 rings (SSSR count). The molecular formula is C24H21F4NO5. The zero-order valence-electron chi connectivity index (χ0n) is 18.3. The fourth-order valence-electron chi connectivity index (χ4n) is 4.07. The van der Waals surface area contributed by atoms with Gasteiger partial charge in [-0.1, -0.05) is 0 Å². The van der Waals surface area contributed by atoms with Crippen LogP contribution in [-0.2, 0) is 9.53 Å². The molecule has 34 heavy (non-hydrogen) atoms. The second-order valence-electron chi connectivity index (χ2n) is 8.22. The predicted octanol–water partition coefficient (Wildman–Crippen LogP) is 5.58. The molecule has 1 heterocycles. The average Bonchev–Trinajstić information content (AvgIpc) is 3.04. The molecular weight excluding hydrogens is 458 g/mol. The van der Waals surface area contributed by atoms with Crippen LogP contribution in [0.3, 0.4) is 0 Å². The number of nitrogens with zero attached hydrogens (tertiary/aromatic N) is 1. The number of hydrogen-bond acceptors (Lipinski definition) is 5. The molecule has 1 aliphatic rings. The number of hydrogen-bond donors (Lipinski definition) is 1. The highest BCUT2D eigenvalue weighted by Crippen LogP contribution is 2.38. The Kier molecular flexibility index (Phi) is 6.01. The molecule has 1 aliphatic carbocycles. The van der Waals surface area contributed by atoms with Crippen molar-refractivity contribution in [3.05, 3.63) is 59.0 Å². The van der Waals surface area contributed by atoms with Crippen molar-refractivity contribution in [2.45, 2.75) is 51.5 Å². The molecule has 10 heteroatoms. The molecule has 2 aromatic carbocycles. The number of esters is 1. The molecule has 0 aliphatic heterocycles. The first-order valence-electron chi connectivity index (χ1n) is 10.6. The molecule has 1 aromatic heterocycles. The third kappa shape index (κ3) is 4.32. The SMILES string of the molecule is Cc1c(C(C)C(=O)OC2CCC2)c2c(F)c(O)ccc2n1C(=O)c1ccc(OC(F)(F)F)cc1. The van der Waals surface area contributed by atoms with Gasteiger partial charge in [-0.05, 0) is 75.1 Å². The van der Waals surface area contributed by atoms with Gasteiger partial charge in [0.25, 0.3) is 5.91 Å². The molecule has 1 unspecified atom stereocenters. The predicted molar refractivity (Wildman–Crippen MR) is 113 cm³/mol. The topological polar surface area (TPSA) is 77.8 Å². The second kappa shape index (κ2) is 8.66. The van der Waals surface area contributed by atoms with E-state index in [4.69, 9.17) is 4.74 Å². The first-order chi connectivity index (χ1) is 16.0. The zero-order chi connectivity index (χ0) is 24.8. The van der Waals surface area contributed by atoms with Crippen molar-refractivity contribution in [2.24, 2.45) is 0 Å². The number of fused-ring (bicyclic) bond motifs is 1. The van der Waals surface area contributed by atoms with Crippen LogP contribution < -0.4 is 4.74 Å². The summed E-state index contributed by atoms with van der Waals surface area (Å²) in [5, 5.41) is 9.85. The molecule has 3 aromatic rings. The van der Waals surface area contributed by atoms with Crippen LogP contribution in [0.25, 0.3) is 10.9 Å². The number of carbonyl (C=O) groups is 2. The monoisotopic (exact) mass is 479 g/mol. The first-order valence-corrected chi connectivity index (χ1v) is 10.6. The van der Waals surface area contributed by atoms with E-state index < -0.39 is 41.5 Å². The largest absolute Gasteiger partial charge is 0.573 e. The lowest BCUT2D eigenvalue weighted by Gasteiger charge is -2.26. The highest BCUT2D eigenvalue weighted by atomic mass is 19.4. The third-order valence-corrected chi connectivity index (χ3v) is 5.99. The number of phenolic OH excluding ortho intramolecular Hbond substituents is 1. The normalized spacial score (nSPS) is 15.1. The lowest BCUT2D eigenvalue weighted by Crippen LogP contribution is -2.27. The average molecular weight is 479 g/mol. The fourth-order valence-corrected chi connectivity index (χ4v) is 4.07. The zero-order valence-corrected chi connectivity index (χ0v) is 18.3. The van der Waals surface area contributed by atoms with Crippen LogP contribution in [-0.4, -0.2) is 34.0 Å². The lowest BCUT2D eigenvalue weighted by atomic mass is 9.94. The van der Waals surface area contributed by atoms with Gasteiger partial charge >= 0.3 is 12.3 Å². The van der Waals surface area contributed by atoms with E-state index in [0.29, 0.717) is 0 Å². The molecule has 0 amide bonds. The van der Waals surface area contributed by atoms with Gasteiger partial charge in [-0.2, -0.15) is 0 Å². The maximum Gasteiger partial charge on any atom is 0.573 e. The maximum atomic E-state index is 15.0. The molecule has 1 fully saturated rings. The van der Waals surface area contributed by atoms with Gasteiger partial charge in [0.1, 0.15) is 11.9 Å². The molecule has 0 bridgehead atoms. The molecule has 1 N–H and O–H groups in total. The number of rotatable bonds is 5. The molecule has 1 saturated carbocycles. The van der Waals surface area contributed by atoms with Gasteiger partial charge in [0.15, 0.2) is 11.6 Å². The minimum Gasteiger partial charge on any atom is -0.505 e. The number of benzene rings is 2. The van der Waals surface area contributed by atoms with Crippen LogP contribution in [0, 0.1) is 12.7 Å². The summed E-state index contributed by atoms with van der Waals surface area (Å²) in [6.07, 6.45) is -2.62. The number of aromatic nitrogens is 1. The Hall–Kier alpha value is -3.56. The van der Waals surface area contributed by atoms with Crippen LogP contribution in [0.1, 0.15) is 53.7 Å². The van der Waals surface area contributed by atoms with Crippen LogP contribution in [0.5, 0.6) is 11.5 Å². The van der Waals surface area contributed by atoms with Gasteiger partial charge in [0, 0.05) is 16.6 Å². The summed E-state index contributed by atoms with van der Waals surface area (Å²) in [4.78, 5) is 26.0. The Balaban J connectivity index is 1.77. The fraction of sp³-hybridized carbons (Fsp3) is 0.333. The quantitative estimate of drug-likeness (QED) is 0.382. The Morgan fingerprint density at radius 1 is 1.12 bits per heavy atom. The molecule has 0 saturated heterocycles. The minimum atomic E-state index is -4.88. The van der Waals surface area contributed by atoms with Crippen LogP contribution >= 0.6 is 0 Å². The number of ether oxygens (including phenoxy) is 2. The summed E-state index contributed by atoms with van der Waals surface area (Å²) < 4.78 is 62.8. The molecule has 0 radical (unpaired) electrons. The Morgan fingerprint density at radius 2 is 1.76 bits per heavy atom. The van der Waals surface area contributed by atoms with Crippen molar-refractivity contribution in [3.63, 3.8) is 0 Å². The van der Waals surface area contributed by atoms with Crippen LogP contribution in [0.2, 0.25) is 0 Å². The van der Waals surface area contributed by atoms with Crippen LogP contribution in [0.15, 0.2) is 36.4 Å². The summed E-state index contributed by atoms with van der Waals surface area (Å²) in [6.45, 7) is 3.06. The number of aromatic hydroxyl groups is 1. The van der Waals surface area contributed by atoms with E-state index in [-0.39, 0.29) is 33.8 Å². The van der Waals surface area contributed by atoms with Gasteiger partial charge in [0.05, 0.1) is 11.4 Å². The molecule has 6 nitrogen and oxygen atoms in total. The first kappa shape index (κ1) is 23.6. The number of carbonyl (C=O) groups excluding carboxylic acids is 2. The molecule has 1 atom stereocenters. The number of phenols is 1. The Bertz CT molecular complexity index is 1260.